The van der Waals surface area contributed by atoms with E-state index in [2.05, 4.69) is 10.1 Å². The van der Waals surface area contributed by atoms with Crippen molar-refractivity contribution in [3.05, 3.63) is 70.5 Å². The monoisotopic (exact) mass is 393 g/mol. The Kier molecular flexibility index (Phi) is 7.03. The summed E-state index contributed by atoms with van der Waals surface area (Å²) in [6.07, 6.45) is 0.822. The van der Waals surface area contributed by atoms with Crippen molar-refractivity contribution in [3.63, 3.8) is 0 Å². The van der Waals surface area contributed by atoms with E-state index in [1.54, 1.807) is 11.8 Å². The van der Waals surface area contributed by atoms with Crippen molar-refractivity contribution in [1.29, 1.82) is 0 Å². The van der Waals surface area contributed by atoms with Gasteiger partial charge in [-0.05, 0) is 44.5 Å². The number of hydrogen-bond acceptors (Lipinski definition) is 4. The molecule has 0 aliphatic heterocycles. The lowest BCUT2D eigenvalue weighted by atomic mass is 10.1. The molecular formula is C23H27N3O3. The van der Waals surface area contributed by atoms with Gasteiger partial charge in [0.05, 0.1) is 24.1 Å². The Morgan fingerprint density at radius 3 is 2.48 bits per heavy atom. The SMILES string of the molecule is CCOCCCN=C(C)c1c(-c2ccccc2)[nH]n(-c2ccc(OC)cc2)c1=O. The third-order valence-electron chi connectivity index (χ3n) is 4.65. The molecular weight excluding hydrogens is 366 g/mol. The van der Waals surface area contributed by atoms with Gasteiger partial charge in [-0.1, -0.05) is 30.3 Å². The number of nitrogens with one attached hydrogen (secondary N) is 1. The molecule has 0 saturated carbocycles. The number of methoxy groups -OCH3 is 1. The van der Waals surface area contributed by atoms with Gasteiger partial charge < -0.3 is 9.47 Å². The summed E-state index contributed by atoms with van der Waals surface area (Å²) in [5.74, 6) is 0.740. The number of aliphatic imine (C=N–C) groups is 1. The van der Waals surface area contributed by atoms with E-state index in [-0.39, 0.29) is 5.56 Å². The van der Waals surface area contributed by atoms with E-state index in [0.29, 0.717) is 31.0 Å². The second-order valence-electron chi connectivity index (χ2n) is 6.58. The number of rotatable bonds is 9. The van der Waals surface area contributed by atoms with Crippen LogP contribution in [0.3, 0.4) is 0 Å². The lowest BCUT2D eigenvalue weighted by Crippen LogP contribution is -2.19. The zero-order valence-corrected chi connectivity index (χ0v) is 17.1. The summed E-state index contributed by atoms with van der Waals surface area (Å²) in [5.41, 5.74) is 3.62. The van der Waals surface area contributed by atoms with Crippen molar-refractivity contribution in [2.75, 3.05) is 26.9 Å². The maximum absolute atomic E-state index is 13.3. The number of H-pyrrole nitrogens is 1. The Morgan fingerprint density at radius 2 is 1.83 bits per heavy atom. The molecule has 0 radical (unpaired) electrons. The quantitative estimate of drug-likeness (QED) is 0.440. The van der Waals surface area contributed by atoms with Crippen LogP contribution in [0.5, 0.6) is 5.75 Å². The van der Waals surface area contributed by atoms with Gasteiger partial charge in [-0.2, -0.15) is 0 Å². The van der Waals surface area contributed by atoms with Crippen LogP contribution in [0, 0.1) is 0 Å². The van der Waals surface area contributed by atoms with Gasteiger partial charge in [0, 0.05) is 31.0 Å². The van der Waals surface area contributed by atoms with E-state index in [9.17, 15) is 4.79 Å². The third-order valence-corrected chi connectivity index (χ3v) is 4.65. The van der Waals surface area contributed by atoms with Gasteiger partial charge in [-0.15, -0.1) is 0 Å². The molecule has 0 bridgehead atoms. The Balaban J connectivity index is 2.02. The number of ether oxygens (including phenoxy) is 2. The Hall–Kier alpha value is -3.12. The summed E-state index contributed by atoms with van der Waals surface area (Å²) in [4.78, 5) is 17.9. The van der Waals surface area contributed by atoms with Crippen LogP contribution >= 0.6 is 0 Å². The smallest absolute Gasteiger partial charge is 0.280 e. The summed E-state index contributed by atoms with van der Waals surface area (Å²) in [6, 6.07) is 17.2. The maximum atomic E-state index is 13.3. The van der Waals surface area contributed by atoms with Crippen LogP contribution < -0.4 is 10.3 Å². The molecule has 0 aliphatic rings. The molecule has 6 nitrogen and oxygen atoms in total. The molecule has 3 aromatic rings. The molecule has 0 aliphatic carbocycles. The van der Waals surface area contributed by atoms with E-state index in [4.69, 9.17) is 9.47 Å². The maximum Gasteiger partial charge on any atom is 0.280 e. The van der Waals surface area contributed by atoms with Crippen molar-refractivity contribution in [2.24, 2.45) is 4.99 Å². The fourth-order valence-corrected chi connectivity index (χ4v) is 3.14. The summed E-state index contributed by atoms with van der Waals surface area (Å²) in [7, 11) is 1.62. The first-order valence-electron chi connectivity index (χ1n) is 9.79. The molecule has 0 atom stereocenters. The number of nitrogens with zero attached hydrogens (tertiary/aromatic N) is 2. The van der Waals surface area contributed by atoms with Crippen molar-refractivity contribution in [2.45, 2.75) is 20.3 Å². The number of aromatic nitrogens is 2. The molecule has 29 heavy (non-hydrogen) atoms. The second kappa shape index (κ2) is 9.89. The Morgan fingerprint density at radius 1 is 1.10 bits per heavy atom. The molecule has 152 valence electrons. The van der Waals surface area contributed by atoms with Gasteiger partial charge in [-0.3, -0.25) is 14.9 Å². The lowest BCUT2D eigenvalue weighted by molar-refractivity contribution is 0.146. The highest BCUT2D eigenvalue weighted by Crippen LogP contribution is 2.22. The van der Waals surface area contributed by atoms with E-state index >= 15 is 0 Å². The molecule has 0 fully saturated rings. The van der Waals surface area contributed by atoms with Gasteiger partial charge in [0.15, 0.2) is 0 Å². The fourth-order valence-electron chi connectivity index (χ4n) is 3.14. The first-order chi connectivity index (χ1) is 14.2. The van der Waals surface area contributed by atoms with Crippen LogP contribution in [0.4, 0.5) is 0 Å². The molecule has 0 unspecified atom stereocenters. The van der Waals surface area contributed by atoms with Crippen LogP contribution in [-0.4, -0.2) is 42.4 Å². The largest absolute Gasteiger partial charge is 0.497 e. The predicted molar refractivity (Wildman–Crippen MR) is 117 cm³/mol. The van der Waals surface area contributed by atoms with Crippen LogP contribution in [0.2, 0.25) is 0 Å². The lowest BCUT2D eigenvalue weighted by Gasteiger charge is -2.04. The molecule has 2 aromatic carbocycles. The van der Waals surface area contributed by atoms with Crippen molar-refractivity contribution >= 4 is 5.71 Å². The van der Waals surface area contributed by atoms with Crippen molar-refractivity contribution in [1.82, 2.24) is 9.78 Å². The first-order valence-corrected chi connectivity index (χ1v) is 9.79. The van der Waals surface area contributed by atoms with Gasteiger partial charge in [0.1, 0.15) is 5.75 Å². The molecule has 6 heteroatoms. The highest BCUT2D eigenvalue weighted by molar-refractivity contribution is 6.03. The van der Waals surface area contributed by atoms with Gasteiger partial charge in [0.25, 0.3) is 5.56 Å². The fraction of sp³-hybridized carbons (Fsp3) is 0.304. The zero-order valence-electron chi connectivity index (χ0n) is 17.1. The average Bonchev–Trinajstić information content (AvgIpc) is 3.11. The van der Waals surface area contributed by atoms with Crippen molar-refractivity contribution < 1.29 is 9.47 Å². The summed E-state index contributed by atoms with van der Waals surface area (Å²) in [5, 5.41) is 3.27. The van der Waals surface area contributed by atoms with Gasteiger partial charge in [0.2, 0.25) is 0 Å². The topological polar surface area (TPSA) is 68.6 Å². The highest BCUT2D eigenvalue weighted by Gasteiger charge is 2.19. The Bertz CT molecular complexity index is 1000. The van der Waals surface area contributed by atoms with Gasteiger partial charge >= 0.3 is 0 Å². The van der Waals surface area contributed by atoms with Crippen LogP contribution in [-0.2, 0) is 4.74 Å². The highest BCUT2D eigenvalue weighted by atomic mass is 16.5. The zero-order chi connectivity index (χ0) is 20.6. The van der Waals surface area contributed by atoms with Crippen LogP contribution in [0.15, 0.2) is 64.4 Å². The van der Waals surface area contributed by atoms with Crippen LogP contribution in [0.1, 0.15) is 25.8 Å². The summed E-state index contributed by atoms with van der Waals surface area (Å²) < 4.78 is 12.1. The first kappa shape index (κ1) is 20.6. The van der Waals surface area contributed by atoms with E-state index in [0.717, 1.165) is 29.1 Å². The van der Waals surface area contributed by atoms with Crippen LogP contribution in [0.25, 0.3) is 16.9 Å². The molecule has 1 aromatic heterocycles. The normalized spacial score (nSPS) is 11.6. The standard InChI is InChI=1S/C23H27N3O3/c1-4-29-16-8-15-24-17(2)21-22(18-9-6-5-7-10-18)25-26(23(21)27)19-11-13-20(28-3)14-12-19/h5-7,9-14,25H,4,8,15-16H2,1-3H3. The molecule has 0 spiro atoms. The molecule has 0 amide bonds. The Labute approximate surface area is 170 Å². The van der Waals surface area contributed by atoms with E-state index in [1.807, 2.05) is 68.4 Å². The summed E-state index contributed by atoms with van der Waals surface area (Å²) in [6.45, 7) is 5.85. The second-order valence-corrected chi connectivity index (χ2v) is 6.58. The van der Waals surface area contributed by atoms with E-state index in [1.165, 1.54) is 0 Å². The predicted octanol–water partition coefficient (Wildman–Crippen LogP) is 4.08. The minimum absolute atomic E-state index is 0.125. The minimum Gasteiger partial charge on any atom is -0.497 e. The summed E-state index contributed by atoms with van der Waals surface area (Å²) >= 11 is 0. The average molecular weight is 393 g/mol. The number of benzene rings is 2. The number of hydrogen-bond donors (Lipinski definition) is 1. The minimum atomic E-state index is -0.125. The van der Waals surface area contributed by atoms with Crippen molar-refractivity contribution in [3.8, 4) is 22.7 Å². The van der Waals surface area contributed by atoms with Gasteiger partial charge in [-0.25, -0.2) is 4.68 Å². The molecule has 0 saturated heterocycles. The third kappa shape index (κ3) is 4.84. The number of aromatic amines is 1. The molecule has 1 N–H and O–H groups in total. The molecule has 3 rings (SSSR count). The molecule has 1 heterocycles. The van der Waals surface area contributed by atoms with E-state index < -0.39 is 0 Å².